The molecule has 0 unspecified atom stereocenters. The molecule has 1 atom stereocenters. The van der Waals surface area contributed by atoms with Gasteiger partial charge in [0.05, 0.1) is 24.9 Å². The molecule has 3 amide bonds. The van der Waals surface area contributed by atoms with E-state index in [0.717, 1.165) is 22.4 Å². The molecule has 1 aliphatic heterocycles. The van der Waals surface area contributed by atoms with Crippen LogP contribution in [0, 0.1) is 0 Å². The molecular formula is C28H28N4O4S. The van der Waals surface area contributed by atoms with Crippen LogP contribution in [0.2, 0.25) is 0 Å². The summed E-state index contributed by atoms with van der Waals surface area (Å²) >= 11 is 1.60. The van der Waals surface area contributed by atoms with E-state index in [2.05, 4.69) is 15.4 Å². The lowest BCUT2D eigenvalue weighted by molar-refractivity contribution is -0.140. The van der Waals surface area contributed by atoms with E-state index in [9.17, 15) is 14.4 Å². The third-order valence-electron chi connectivity index (χ3n) is 5.79. The maximum absolute atomic E-state index is 13.3. The first-order valence-electron chi connectivity index (χ1n) is 11.8. The normalized spacial score (nSPS) is 14.8. The third kappa shape index (κ3) is 6.56. The number of para-hydroxylation sites is 1. The fourth-order valence-corrected chi connectivity index (χ4v) is 4.79. The van der Waals surface area contributed by atoms with Crippen LogP contribution in [0.5, 0.6) is 0 Å². The minimum absolute atomic E-state index is 0.237. The molecule has 1 heterocycles. The predicted octanol–water partition coefficient (Wildman–Crippen LogP) is 4.44. The number of esters is 1. The Labute approximate surface area is 220 Å². The van der Waals surface area contributed by atoms with Crippen LogP contribution in [0.15, 0.2) is 83.9 Å². The molecule has 0 saturated carbocycles. The van der Waals surface area contributed by atoms with Gasteiger partial charge in [0.1, 0.15) is 0 Å². The zero-order valence-electron chi connectivity index (χ0n) is 20.6. The molecule has 3 aromatic rings. The van der Waals surface area contributed by atoms with Crippen molar-refractivity contribution in [3.05, 3.63) is 95.6 Å². The van der Waals surface area contributed by atoms with E-state index in [0.29, 0.717) is 29.3 Å². The smallest absolute Gasteiger partial charge is 0.321 e. The molecule has 0 radical (unpaired) electrons. The Kier molecular flexibility index (Phi) is 8.58. The van der Waals surface area contributed by atoms with E-state index in [-0.39, 0.29) is 11.9 Å². The second kappa shape index (κ2) is 12.2. The zero-order valence-corrected chi connectivity index (χ0v) is 21.5. The average Bonchev–Trinajstić information content (AvgIpc) is 3.02. The number of hydrogen-bond donors (Lipinski definition) is 2. The van der Waals surface area contributed by atoms with Crippen molar-refractivity contribution in [1.29, 1.82) is 0 Å². The lowest BCUT2D eigenvalue weighted by atomic mass is 10.0. The molecule has 0 saturated heterocycles. The minimum Gasteiger partial charge on any atom is -0.469 e. The first kappa shape index (κ1) is 26.0. The summed E-state index contributed by atoms with van der Waals surface area (Å²) < 4.78 is 4.66. The molecule has 0 fully saturated rings. The van der Waals surface area contributed by atoms with Crippen LogP contribution in [-0.4, -0.2) is 49.7 Å². The maximum atomic E-state index is 13.3. The van der Waals surface area contributed by atoms with Gasteiger partial charge in [-0.3, -0.25) is 9.59 Å². The lowest BCUT2D eigenvalue weighted by Gasteiger charge is -2.21. The molecule has 0 aromatic heterocycles. The number of nitrogens with zero attached hydrogens (tertiary/aromatic N) is 2. The molecular weight excluding hydrogens is 488 g/mol. The summed E-state index contributed by atoms with van der Waals surface area (Å²) in [6.07, 6.45) is -0.759. The molecule has 2 N–H and O–H groups in total. The number of urea groups is 1. The number of fused-ring (bicyclic) bond motifs is 1. The van der Waals surface area contributed by atoms with Crippen LogP contribution in [-0.2, 0) is 20.1 Å². The first-order valence-corrected chi connectivity index (χ1v) is 12.9. The van der Waals surface area contributed by atoms with Crippen molar-refractivity contribution in [3.8, 4) is 0 Å². The van der Waals surface area contributed by atoms with Gasteiger partial charge >= 0.3 is 12.0 Å². The van der Waals surface area contributed by atoms with Crippen molar-refractivity contribution in [2.24, 2.45) is 4.99 Å². The summed E-state index contributed by atoms with van der Waals surface area (Å²) in [5, 5.41) is 5.53. The highest BCUT2D eigenvalue weighted by Gasteiger charge is 2.30. The molecule has 9 heteroatoms. The number of ether oxygens (including phenoxy) is 1. The van der Waals surface area contributed by atoms with E-state index in [1.54, 1.807) is 24.9 Å². The minimum atomic E-state index is -1.11. The van der Waals surface area contributed by atoms with Gasteiger partial charge in [-0.1, -0.05) is 60.7 Å². The molecule has 37 heavy (non-hydrogen) atoms. The van der Waals surface area contributed by atoms with Crippen LogP contribution in [0.4, 0.5) is 16.2 Å². The Morgan fingerprint density at radius 2 is 1.78 bits per heavy atom. The highest BCUT2D eigenvalue weighted by molar-refractivity contribution is 7.98. The number of carbonyl (C=O) groups is 3. The highest BCUT2D eigenvalue weighted by atomic mass is 32.2. The highest BCUT2D eigenvalue weighted by Crippen LogP contribution is 2.27. The Morgan fingerprint density at radius 3 is 2.57 bits per heavy atom. The van der Waals surface area contributed by atoms with E-state index in [1.807, 2.05) is 72.8 Å². The van der Waals surface area contributed by atoms with Crippen molar-refractivity contribution in [1.82, 2.24) is 5.32 Å². The van der Waals surface area contributed by atoms with Gasteiger partial charge in [0, 0.05) is 35.4 Å². The van der Waals surface area contributed by atoms with E-state index < -0.39 is 12.2 Å². The molecule has 190 valence electrons. The Bertz CT molecular complexity index is 1310. The summed E-state index contributed by atoms with van der Waals surface area (Å²) in [6, 6.07) is 24.0. The second-order valence-electron chi connectivity index (χ2n) is 8.34. The number of hydrogen-bond acceptors (Lipinski definition) is 6. The van der Waals surface area contributed by atoms with Crippen molar-refractivity contribution >= 4 is 46.8 Å². The van der Waals surface area contributed by atoms with Gasteiger partial charge < -0.3 is 20.3 Å². The number of benzene rings is 3. The number of thioether (sulfide) groups is 1. The number of aliphatic imine (C=N–C) groups is 1. The molecule has 3 aromatic carbocycles. The summed E-state index contributed by atoms with van der Waals surface area (Å²) in [5.41, 5.74) is 4.60. The molecule has 0 spiro atoms. The summed E-state index contributed by atoms with van der Waals surface area (Å²) in [5.74, 6) is 0.749. The number of amides is 3. The SMILES string of the molecule is COC(=O)CCSCc1cccc(NC(=O)N[C@@H]2N=C(c3ccccc3)c3ccccc3N(C)C2=O)c1. The lowest BCUT2D eigenvalue weighted by Crippen LogP contribution is -2.47. The van der Waals surface area contributed by atoms with Crippen LogP contribution >= 0.6 is 11.8 Å². The number of likely N-dealkylation sites (N-methyl/N-ethyl adjacent to an activating group) is 1. The fraction of sp³-hybridized carbons (Fsp3) is 0.214. The Hall–Kier alpha value is -4.11. The number of rotatable bonds is 8. The molecule has 1 aliphatic rings. The van der Waals surface area contributed by atoms with Crippen molar-refractivity contribution < 1.29 is 19.1 Å². The van der Waals surface area contributed by atoms with Crippen molar-refractivity contribution in [3.63, 3.8) is 0 Å². The number of nitrogens with one attached hydrogen (secondary N) is 2. The van der Waals surface area contributed by atoms with Gasteiger partial charge in [-0.15, -0.1) is 0 Å². The van der Waals surface area contributed by atoms with Gasteiger partial charge in [0.15, 0.2) is 0 Å². The third-order valence-corrected chi connectivity index (χ3v) is 6.82. The van der Waals surface area contributed by atoms with Gasteiger partial charge in [-0.2, -0.15) is 11.8 Å². The van der Waals surface area contributed by atoms with Crippen LogP contribution in [0.25, 0.3) is 0 Å². The first-order chi connectivity index (χ1) is 18.0. The van der Waals surface area contributed by atoms with Crippen molar-refractivity contribution in [2.75, 3.05) is 30.1 Å². The monoisotopic (exact) mass is 516 g/mol. The van der Waals surface area contributed by atoms with Gasteiger partial charge in [-0.05, 0) is 23.8 Å². The van der Waals surface area contributed by atoms with Crippen LogP contribution in [0.1, 0.15) is 23.1 Å². The van der Waals surface area contributed by atoms with Crippen LogP contribution < -0.4 is 15.5 Å². The molecule has 4 rings (SSSR count). The standard InChI is InChI=1S/C28H28N4O4S/c1-32-23-14-7-6-13-22(23)25(20-10-4-3-5-11-20)30-26(27(32)34)31-28(35)29-21-12-8-9-19(17-21)18-37-16-15-24(33)36-2/h3-14,17,26H,15-16,18H2,1-2H3,(H2,29,31,35)/t26-/m0/s1. The number of anilines is 2. The molecule has 8 nitrogen and oxygen atoms in total. The Balaban J connectivity index is 1.48. The summed E-state index contributed by atoms with van der Waals surface area (Å²) in [4.78, 5) is 43.7. The second-order valence-corrected chi connectivity index (χ2v) is 9.44. The van der Waals surface area contributed by atoms with Crippen LogP contribution in [0.3, 0.4) is 0 Å². The average molecular weight is 517 g/mol. The number of benzodiazepines with no additional fused rings is 1. The van der Waals surface area contributed by atoms with Gasteiger partial charge in [0.2, 0.25) is 6.17 Å². The quantitative estimate of drug-likeness (QED) is 0.341. The number of carbonyl (C=O) groups excluding carboxylic acids is 3. The van der Waals surface area contributed by atoms with Gasteiger partial charge in [0.25, 0.3) is 5.91 Å². The summed E-state index contributed by atoms with van der Waals surface area (Å²) in [6.45, 7) is 0. The number of methoxy groups -OCH3 is 1. The topological polar surface area (TPSA) is 100 Å². The van der Waals surface area contributed by atoms with E-state index >= 15 is 0 Å². The van der Waals surface area contributed by atoms with Gasteiger partial charge in [-0.25, -0.2) is 9.79 Å². The van der Waals surface area contributed by atoms with E-state index in [1.165, 1.54) is 12.0 Å². The fourth-order valence-electron chi connectivity index (χ4n) is 3.92. The largest absolute Gasteiger partial charge is 0.469 e. The van der Waals surface area contributed by atoms with E-state index in [4.69, 9.17) is 4.99 Å². The molecule has 0 bridgehead atoms. The van der Waals surface area contributed by atoms with Crippen molar-refractivity contribution in [2.45, 2.75) is 18.3 Å². The Morgan fingerprint density at radius 1 is 1.03 bits per heavy atom. The predicted molar refractivity (Wildman–Crippen MR) is 147 cm³/mol. The zero-order chi connectivity index (χ0) is 26.2. The maximum Gasteiger partial charge on any atom is 0.321 e. The summed E-state index contributed by atoms with van der Waals surface area (Å²) in [7, 11) is 3.05. The molecule has 0 aliphatic carbocycles.